The zero-order valence-corrected chi connectivity index (χ0v) is 11.2. The number of rotatable bonds is 5. The number of para-hydroxylation sites is 1. The average Bonchev–Trinajstić information content (AvgIpc) is 2.26. The molecular formula is C10H15NO4S2. The third kappa shape index (κ3) is 3.79. The largest absolute Gasteiger partial charge is 0.507 e. The summed E-state index contributed by atoms with van der Waals surface area (Å²) in [6.07, 6.45) is 1.51. The van der Waals surface area contributed by atoms with Crippen LogP contribution in [0.5, 0.6) is 5.75 Å². The van der Waals surface area contributed by atoms with Crippen molar-refractivity contribution in [3.05, 3.63) is 24.3 Å². The molecular weight excluding hydrogens is 262 g/mol. The first-order valence-corrected chi connectivity index (χ1v) is 8.05. The molecule has 0 aliphatic rings. The SMILES string of the molecule is CC(CNS(=O)(=O)c1ccccc1O)S(C)=O. The van der Waals surface area contributed by atoms with Gasteiger partial charge < -0.3 is 5.11 Å². The first-order valence-electron chi connectivity index (χ1n) is 4.94. The van der Waals surface area contributed by atoms with Crippen LogP contribution >= 0.6 is 0 Å². The van der Waals surface area contributed by atoms with Gasteiger partial charge in [-0.2, -0.15) is 0 Å². The molecule has 0 spiro atoms. The van der Waals surface area contributed by atoms with Gasteiger partial charge in [0.2, 0.25) is 10.0 Å². The normalized spacial score (nSPS) is 15.4. The summed E-state index contributed by atoms with van der Waals surface area (Å²) in [6.45, 7) is 1.75. The number of sulfonamides is 1. The molecule has 1 rings (SSSR count). The molecule has 0 fully saturated rings. The number of hydrogen-bond acceptors (Lipinski definition) is 4. The Labute approximate surface area is 103 Å². The number of phenols is 1. The smallest absolute Gasteiger partial charge is 0.244 e. The summed E-state index contributed by atoms with van der Waals surface area (Å²) in [7, 11) is -4.85. The van der Waals surface area contributed by atoms with E-state index in [0.29, 0.717) is 0 Å². The van der Waals surface area contributed by atoms with Crippen molar-refractivity contribution in [2.45, 2.75) is 17.1 Å². The number of aromatic hydroxyl groups is 1. The van der Waals surface area contributed by atoms with Gasteiger partial charge in [0.1, 0.15) is 10.6 Å². The van der Waals surface area contributed by atoms with Crippen molar-refractivity contribution in [1.29, 1.82) is 0 Å². The molecule has 0 aliphatic carbocycles. The molecule has 1 aromatic carbocycles. The molecule has 0 bridgehead atoms. The number of phenolic OH excluding ortho intramolecular Hbond substituents is 1. The van der Waals surface area contributed by atoms with E-state index in [9.17, 15) is 17.7 Å². The Hall–Kier alpha value is -0.920. The van der Waals surface area contributed by atoms with Gasteiger partial charge in [-0.15, -0.1) is 0 Å². The highest BCUT2D eigenvalue weighted by Crippen LogP contribution is 2.20. The Bertz CT molecular complexity index is 513. The Morgan fingerprint density at radius 1 is 1.41 bits per heavy atom. The standard InChI is InChI=1S/C10H15NO4S2/c1-8(16(2)13)7-11-17(14,15)10-6-4-3-5-9(10)12/h3-6,8,11-12H,7H2,1-2H3. The number of hydrogen-bond donors (Lipinski definition) is 2. The lowest BCUT2D eigenvalue weighted by Gasteiger charge is -2.11. The monoisotopic (exact) mass is 277 g/mol. The molecule has 0 saturated heterocycles. The summed E-state index contributed by atoms with van der Waals surface area (Å²) < 4.78 is 37.0. The lowest BCUT2D eigenvalue weighted by atomic mass is 10.3. The lowest BCUT2D eigenvalue weighted by molar-refractivity contribution is 0.458. The van der Waals surface area contributed by atoms with Crippen LogP contribution in [0.25, 0.3) is 0 Å². The van der Waals surface area contributed by atoms with Gasteiger partial charge >= 0.3 is 0 Å². The molecule has 17 heavy (non-hydrogen) atoms. The molecule has 7 heteroatoms. The third-order valence-corrected chi connectivity index (χ3v) is 5.05. The quantitative estimate of drug-likeness (QED) is 0.818. The van der Waals surface area contributed by atoms with E-state index in [-0.39, 0.29) is 22.4 Å². The van der Waals surface area contributed by atoms with Crippen molar-refractivity contribution >= 4 is 20.8 Å². The van der Waals surface area contributed by atoms with Crippen molar-refractivity contribution in [3.8, 4) is 5.75 Å². The second-order valence-corrected chi connectivity index (χ2v) is 7.17. The molecule has 0 amide bonds. The lowest BCUT2D eigenvalue weighted by Crippen LogP contribution is -2.32. The Kier molecular flexibility index (Phi) is 4.67. The highest BCUT2D eigenvalue weighted by atomic mass is 32.2. The van der Waals surface area contributed by atoms with Crippen LogP contribution in [0.1, 0.15) is 6.92 Å². The van der Waals surface area contributed by atoms with Gasteiger partial charge in [-0.25, -0.2) is 13.1 Å². The van der Waals surface area contributed by atoms with Gasteiger partial charge in [0.15, 0.2) is 0 Å². The van der Waals surface area contributed by atoms with E-state index in [2.05, 4.69) is 4.72 Å². The van der Waals surface area contributed by atoms with Gasteiger partial charge in [-0.05, 0) is 19.1 Å². The topological polar surface area (TPSA) is 83.5 Å². The second-order valence-electron chi connectivity index (χ2n) is 3.63. The first-order chi connectivity index (χ1) is 7.84. The molecule has 0 heterocycles. The van der Waals surface area contributed by atoms with Gasteiger partial charge in [-0.3, -0.25) is 4.21 Å². The summed E-state index contributed by atoms with van der Waals surface area (Å²) in [6, 6.07) is 5.68. The average molecular weight is 277 g/mol. The molecule has 96 valence electrons. The molecule has 0 aromatic heterocycles. The van der Waals surface area contributed by atoms with Crippen LogP contribution < -0.4 is 4.72 Å². The van der Waals surface area contributed by atoms with Crippen LogP contribution in [-0.2, 0) is 20.8 Å². The van der Waals surface area contributed by atoms with Crippen molar-refractivity contribution in [2.24, 2.45) is 0 Å². The van der Waals surface area contributed by atoms with Crippen molar-refractivity contribution in [1.82, 2.24) is 4.72 Å². The Balaban J connectivity index is 2.84. The fourth-order valence-electron chi connectivity index (χ4n) is 1.11. The van der Waals surface area contributed by atoms with E-state index >= 15 is 0 Å². The third-order valence-electron chi connectivity index (χ3n) is 2.28. The van der Waals surface area contributed by atoms with E-state index in [0.717, 1.165) is 0 Å². The van der Waals surface area contributed by atoms with E-state index in [1.165, 1.54) is 30.5 Å². The van der Waals surface area contributed by atoms with Crippen LogP contribution in [0.15, 0.2) is 29.2 Å². The molecule has 2 atom stereocenters. The summed E-state index contributed by atoms with van der Waals surface area (Å²) in [5.74, 6) is -0.301. The zero-order valence-electron chi connectivity index (χ0n) is 9.58. The number of benzene rings is 1. The van der Waals surface area contributed by atoms with E-state index < -0.39 is 20.8 Å². The fourth-order valence-corrected chi connectivity index (χ4v) is 2.76. The van der Waals surface area contributed by atoms with E-state index in [4.69, 9.17) is 0 Å². The van der Waals surface area contributed by atoms with E-state index in [1.807, 2.05) is 0 Å². The second kappa shape index (κ2) is 5.61. The van der Waals surface area contributed by atoms with Gasteiger partial charge in [-0.1, -0.05) is 12.1 Å². The molecule has 1 aromatic rings. The molecule has 5 nitrogen and oxygen atoms in total. The zero-order chi connectivity index (χ0) is 13.1. The summed E-state index contributed by atoms with van der Waals surface area (Å²) in [5, 5.41) is 9.16. The van der Waals surface area contributed by atoms with E-state index in [1.54, 1.807) is 6.92 Å². The summed E-state index contributed by atoms with van der Waals surface area (Å²) in [5.41, 5.74) is 0. The Morgan fingerprint density at radius 3 is 2.53 bits per heavy atom. The molecule has 2 N–H and O–H groups in total. The van der Waals surface area contributed by atoms with Crippen LogP contribution in [0.3, 0.4) is 0 Å². The molecule has 0 saturated carbocycles. The maximum Gasteiger partial charge on any atom is 0.244 e. The predicted molar refractivity (Wildman–Crippen MR) is 66.8 cm³/mol. The summed E-state index contributed by atoms with van der Waals surface area (Å²) in [4.78, 5) is -0.172. The van der Waals surface area contributed by atoms with Crippen molar-refractivity contribution in [3.63, 3.8) is 0 Å². The first kappa shape index (κ1) is 14.1. The maximum atomic E-state index is 11.8. The molecule has 2 unspecified atom stereocenters. The van der Waals surface area contributed by atoms with Crippen LogP contribution in [0.4, 0.5) is 0 Å². The van der Waals surface area contributed by atoms with Crippen LogP contribution in [0.2, 0.25) is 0 Å². The van der Waals surface area contributed by atoms with Gasteiger partial charge in [0.25, 0.3) is 0 Å². The Morgan fingerprint density at radius 2 is 2.00 bits per heavy atom. The predicted octanol–water partition coefficient (Wildman–Crippen LogP) is 0.437. The van der Waals surface area contributed by atoms with Gasteiger partial charge in [0.05, 0.1) is 0 Å². The molecule has 0 radical (unpaired) electrons. The minimum atomic E-state index is -3.75. The molecule has 0 aliphatic heterocycles. The van der Waals surface area contributed by atoms with Crippen LogP contribution in [-0.4, -0.2) is 35.8 Å². The maximum absolute atomic E-state index is 11.8. The minimum absolute atomic E-state index is 0.0692. The highest BCUT2D eigenvalue weighted by Gasteiger charge is 2.19. The fraction of sp³-hybridized carbons (Fsp3) is 0.400. The minimum Gasteiger partial charge on any atom is -0.507 e. The van der Waals surface area contributed by atoms with Crippen LogP contribution in [0, 0.1) is 0 Å². The highest BCUT2D eigenvalue weighted by molar-refractivity contribution is 7.89. The van der Waals surface area contributed by atoms with Crippen molar-refractivity contribution in [2.75, 3.05) is 12.8 Å². The summed E-state index contributed by atoms with van der Waals surface area (Å²) >= 11 is 0. The number of nitrogens with one attached hydrogen (secondary N) is 1. The van der Waals surface area contributed by atoms with Crippen molar-refractivity contribution < 1.29 is 17.7 Å². The van der Waals surface area contributed by atoms with Gasteiger partial charge in [0, 0.05) is 28.9 Å².